The first kappa shape index (κ1) is 22.7. The zero-order valence-corrected chi connectivity index (χ0v) is 19.5. The Labute approximate surface area is 204 Å². The van der Waals surface area contributed by atoms with E-state index in [0.29, 0.717) is 27.8 Å². The zero-order chi connectivity index (χ0) is 25.4. The summed E-state index contributed by atoms with van der Waals surface area (Å²) in [6.07, 6.45) is 3.33. The molecule has 9 heteroatoms. The van der Waals surface area contributed by atoms with Crippen LogP contribution in [0, 0.1) is 17.0 Å². The first-order valence-electron chi connectivity index (χ1n) is 11.2. The van der Waals surface area contributed by atoms with Crippen LogP contribution < -0.4 is 11.1 Å². The minimum absolute atomic E-state index is 0.0192. The van der Waals surface area contributed by atoms with Gasteiger partial charge in [-0.1, -0.05) is 36.4 Å². The quantitative estimate of drug-likeness (QED) is 0.277. The van der Waals surface area contributed by atoms with Crippen LogP contribution >= 0.6 is 0 Å². The normalized spacial score (nSPS) is 11.4. The molecular formula is C27H21N5O4. The van der Waals surface area contributed by atoms with Gasteiger partial charge in [0, 0.05) is 19.2 Å². The smallest absolute Gasteiger partial charge is 0.283 e. The number of aromatic nitrogens is 4. The first-order chi connectivity index (χ1) is 17.4. The SMILES string of the molecule is Cc1c(-n2c(/C=C/c3ccc([N+](=O)[O-])cc3)nc3ccccc3c2=O)c(=O)n(-c2ccccc2)n1C. The van der Waals surface area contributed by atoms with Crippen molar-refractivity contribution in [1.82, 2.24) is 18.9 Å². The minimum atomic E-state index is -0.466. The van der Waals surface area contributed by atoms with Crippen molar-refractivity contribution in [3.8, 4) is 11.4 Å². The third-order valence-electron chi connectivity index (χ3n) is 6.08. The Balaban J connectivity index is 1.75. The van der Waals surface area contributed by atoms with Crippen molar-refractivity contribution in [2.75, 3.05) is 0 Å². The highest BCUT2D eigenvalue weighted by atomic mass is 16.6. The van der Waals surface area contributed by atoms with E-state index in [0.717, 1.165) is 0 Å². The fraction of sp³-hybridized carbons (Fsp3) is 0.0741. The van der Waals surface area contributed by atoms with Crippen molar-refractivity contribution in [3.63, 3.8) is 0 Å². The average Bonchev–Trinajstić information content (AvgIpc) is 3.11. The molecule has 0 aliphatic carbocycles. The van der Waals surface area contributed by atoms with E-state index in [2.05, 4.69) is 4.98 Å². The molecular weight excluding hydrogens is 458 g/mol. The Morgan fingerprint density at radius 3 is 2.22 bits per heavy atom. The van der Waals surface area contributed by atoms with E-state index in [1.807, 2.05) is 30.3 Å². The molecule has 0 amide bonds. The van der Waals surface area contributed by atoms with Gasteiger partial charge in [-0.25, -0.2) is 9.67 Å². The third-order valence-corrected chi connectivity index (χ3v) is 6.08. The van der Waals surface area contributed by atoms with Crippen molar-refractivity contribution in [3.05, 3.63) is 127 Å². The number of benzene rings is 3. The maximum absolute atomic E-state index is 13.7. The lowest BCUT2D eigenvalue weighted by Gasteiger charge is -2.10. The van der Waals surface area contributed by atoms with Crippen molar-refractivity contribution in [1.29, 1.82) is 0 Å². The van der Waals surface area contributed by atoms with Crippen molar-refractivity contribution in [2.45, 2.75) is 6.92 Å². The van der Waals surface area contributed by atoms with Crippen molar-refractivity contribution >= 4 is 28.7 Å². The van der Waals surface area contributed by atoms with Gasteiger partial charge in [0.1, 0.15) is 11.5 Å². The second-order valence-electron chi connectivity index (χ2n) is 8.22. The van der Waals surface area contributed by atoms with Crippen LogP contribution in [0.5, 0.6) is 0 Å². The van der Waals surface area contributed by atoms with E-state index in [1.165, 1.54) is 21.4 Å². The van der Waals surface area contributed by atoms with Crippen molar-refractivity contribution in [2.24, 2.45) is 7.05 Å². The van der Waals surface area contributed by atoms with E-state index in [4.69, 9.17) is 0 Å². The molecule has 36 heavy (non-hydrogen) atoms. The van der Waals surface area contributed by atoms with Gasteiger partial charge in [-0.2, -0.15) is 0 Å². The summed E-state index contributed by atoms with van der Waals surface area (Å²) in [7, 11) is 1.76. The van der Waals surface area contributed by atoms with Crippen LogP contribution in [0.4, 0.5) is 5.69 Å². The Morgan fingerprint density at radius 1 is 0.861 bits per heavy atom. The van der Waals surface area contributed by atoms with Gasteiger partial charge in [0.15, 0.2) is 0 Å². The summed E-state index contributed by atoms with van der Waals surface area (Å²) in [5.74, 6) is 0.267. The molecule has 0 spiro atoms. The predicted molar refractivity (Wildman–Crippen MR) is 139 cm³/mol. The van der Waals surface area contributed by atoms with Gasteiger partial charge in [0.25, 0.3) is 16.8 Å². The van der Waals surface area contributed by atoms with Crippen LogP contribution in [0.15, 0.2) is 88.5 Å². The monoisotopic (exact) mass is 479 g/mol. The van der Waals surface area contributed by atoms with Gasteiger partial charge in [-0.3, -0.25) is 29.0 Å². The summed E-state index contributed by atoms with van der Waals surface area (Å²) < 4.78 is 4.55. The summed E-state index contributed by atoms with van der Waals surface area (Å²) in [5.41, 5.74) is 1.90. The summed E-state index contributed by atoms with van der Waals surface area (Å²) in [6.45, 7) is 1.78. The van der Waals surface area contributed by atoms with Gasteiger partial charge in [0.2, 0.25) is 0 Å². The standard InChI is InChI=1S/C27H21N5O4/c1-18-25(27(34)31(29(18)2)20-8-4-3-5-9-20)30-24(28-23-11-7-6-10-22(23)26(30)33)17-14-19-12-15-21(16-13-19)32(35)36/h3-17H,1-2H3/b17-14+. The second kappa shape index (κ2) is 8.95. The highest BCUT2D eigenvalue weighted by Gasteiger charge is 2.22. The average molecular weight is 479 g/mol. The lowest BCUT2D eigenvalue weighted by Crippen LogP contribution is -2.28. The molecule has 0 aliphatic rings. The number of non-ortho nitro benzene ring substituents is 1. The molecule has 0 fully saturated rings. The fourth-order valence-corrected chi connectivity index (χ4v) is 4.17. The number of para-hydroxylation sites is 2. The highest BCUT2D eigenvalue weighted by Crippen LogP contribution is 2.19. The number of nitro benzene ring substituents is 1. The number of rotatable bonds is 5. The molecule has 5 aromatic rings. The lowest BCUT2D eigenvalue weighted by atomic mass is 10.2. The molecule has 0 N–H and O–H groups in total. The van der Waals surface area contributed by atoms with E-state index >= 15 is 0 Å². The maximum Gasteiger partial charge on any atom is 0.296 e. The largest absolute Gasteiger partial charge is 0.296 e. The molecule has 0 saturated carbocycles. The lowest BCUT2D eigenvalue weighted by molar-refractivity contribution is -0.384. The Kier molecular flexibility index (Phi) is 5.65. The van der Waals surface area contributed by atoms with Crippen LogP contribution in [0.3, 0.4) is 0 Å². The van der Waals surface area contributed by atoms with Gasteiger partial charge in [-0.05, 0) is 55.0 Å². The molecule has 0 saturated heterocycles. The molecule has 3 aromatic carbocycles. The molecule has 0 radical (unpaired) electrons. The molecule has 0 atom stereocenters. The number of fused-ring (bicyclic) bond motifs is 1. The molecule has 0 unspecified atom stereocenters. The zero-order valence-electron chi connectivity index (χ0n) is 19.5. The van der Waals surface area contributed by atoms with Gasteiger partial charge >= 0.3 is 0 Å². The third kappa shape index (κ3) is 3.82. The molecule has 0 bridgehead atoms. The fourth-order valence-electron chi connectivity index (χ4n) is 4.17. The summed E-state index contributed by atoms with van der Waals surface area (Å²) >= 11 is 0. The Bertz CT molecular complexity index is 1760. The van der Waals surface area contributed by atoms with Crippen molar-refractivity contribution < 1.29 is 4.92 Å². The number of hydrogen-bond acceptors (Lipinski definition) is 5. The molecule has 0 aliphatic heterocycles. The molecule has 2 aromatic heterocycles. The molecule has 2 heterocycles. The number of hydrogen-bond donors (Lipinski definition) is 0. The van der Waals surface area contributed by atoms with Gasteiger partial charge < -0.3 is 0 Å². The first-order valence-corrected chi connectivity index (χ1v) is 11.2. The van der Waals surface area contributed by atoms with Crippen LogP contribution in [-0.4, -0.2) is 23.8 Å². The topological polar surface area (TPSA) is 105 Å². The van der Waals surface area contributed by atoms with Gasteiger partial charge in [0.05, 0.1) is 27.2 Å². The Hall–Kier alpha value is -5.05. The van der Waals surface area contributed by atoms with Crippen LogP contribution in [0.1, 0.15) is 17.1 Å². The summed E-state index contributed by atoms with van der Waals surface area (Å²) in [6, 6.07) is 22.2. The summed E-state index contributed by atoms with van der Waals surface area (Å²) in [5, 5.41) is 11.3. The van der Waals surface area contributed by atoms with E-state index < -0.39 is 4.92 Å². The van der Waals surface area contributed by atoms with Gasteiger partial charge in [-0.15, -0.1) is 0 Å². The number of nitro groups is 1. The molecule has 9 nitrogen and oxygen atoms in total. The second-order valence-corrected chi connectivity index (χ2v) is 8.22. The molecule has 5 rings (SSSR count). The summed E-state index contributed by atoms with van der Waals surface area (Å²) in [4.78, 5) is 42.6. The van der Waals surface area contributed by atoms with Crippen LogP contribution in [-0.2, 0) is 7.05 Å². The van der Waals surface area contributed by atoms with E-state index in [1.54, 1.807) is 67.2 Å². The maximum atomic E-state index is 13.7. The molecule has 178 valence electrons. The van der Waals surface area contributed by atoms with Crippen LogP contribution in [0.25, 0.3) is 34.4 Å². The number of nitrogens with zero attached hydrogens (tertiary/aromatic N) is 5. The minimum Gasteiger partial charge on any atom is -0.283 e. The highest BCUT2D eigenvalue weighted by molar-refractivity contribution is 5.80. The predicted octanol–water partition coefficient (Wildman–Crippen LogP) is 4.26. The van der Waals surface area contributed by atoms with E-state index in [-0.39, 0.29) is 28.3 Å². The Morgan fingerprint density at radius 2 is 1.53 bits per heavy atom. The van der Waals surface area contributed by atoms with E-state index in [9.17, 15) is 19.7 Å². The van der Waals surface area contributed by atoms with Crippen LogP contribution in [0.2, 0.25) is 0 Å².